The lowest BCUT2D eigenvalue weighted by atomic mass is 10.3. The summed E-state index contributed by atoms with van der Waals surface area (Å²) in [6.45, 7) is 11.4. The first kappa shape index (κ1) is 17.2. The highest BCUT2D eigenvalue weighted by Crippen LogP contribution is 2.33. The van der Waals surface area contributed by atoms with E-state index < -0.39 is 0 Å². The molecule has 24 heavy (non-hydrogen) atoms. The predicted molar refractivity (Wildman–Crippen MR) is 96.2 cm³/mol. The van der Waals surface area contributed by atoms with Crippen molar-refractivity contribution in [3.63, 3.8) is 0 Å². The molecule has 1 aliphatic rings. The third kappa shape index (κ3) is 3.26. The van der Waals surface area contributed by atoms with Gasteiger partial charge in [-0.25, -0.2) is 9.10 Å². The second-order valence-corrected chi connectivity index (χ2v) is 7.45. The van der Waals surface area contributed by atoms with E-state index in [1.807, 2.05) is 13.0 Å². The highest BCUT2D eigenvalue weighted by molar-refractivity contribution is 7.97. The molecule has 2 aromatic heterocycles. The molecule has 0 saturated carbocycles. The van der Waals surface area contributed by atoms with Gasteiger partial charge in [-0.1, -0.05) is 0 Å². The molecule has 3 heterocycles. The average molecular weight is 347 g/mol. The predicted octanol–water partition coefficient (Wildman–Crippen LogP) is 3.88. The molecular formula is C18H25N3O2S. The lowest BCUT2D eigenvalue weighted by molar-refractivity contribution is 0.0511. The van der Waals surface area contributed by atoms with Crippen LogP contribution in [0, 0.1) is 6.92 Å². The van der Waals surface area contributed by atoms with Crippen LogP contribution in [0.5, 0.6) is 0 Å². The monoisotopic (exact) mass is 347 g/mol. The van der Waals surface area contributed by atoms with Crippen molar-refractivity contribution in [1.82, 2.24) is 13.4 Å². The Morgan fingerprint density at radius 2 is 2.17 bits per heavy atom. The average Bonchev–Trinajstić information content (AvgIpc) is 3.12. The minimum atomic E-state index is -0.242. The van der Waals surface area contributed by atoms with Crippen molar-refractivity contribution in [2.24, 2.45) is 0 Å². The van der Waals surface area contributed by atoms with Crippen molar-refractivity contribution in [3.8, 4) is 0 Å². The summed E-state index contributed by atoms with van der Waals surface area (Å²) in [5.41, 5.74) is 3.10. The molecule has 0 atom stereocenters. The van der Waals surface area contributed by atoms with Crippen molar-refractivity contribution >= 4 is 17.9 Å². The van der Waals surface area contributed by atoms with Crippen LogP contribution in [-0.2, 0) is 17.8 Å². The smallest absolute Gasteiger partial charge is 0.354 e. The van der Waals surface area contributed by atoms with Gasteiger partial charge in [0.25, 0.3) is 0 Å². The molecular weight excluding hydrogens is 322 g/mol. The van der Waals surface area contributed by atoms with Gasteiger partial charge < -0.3 is 13.9 Å². The van der Waals surface area contributed by atoms with E-state index in [0.29, 0.717) is 12.3 Å². The van der Waals surface area contributed by atoms with Gasteiger partial charge in [0.15, 0.2) is 0 Å². The minimum Gasteiger partial charge on any atom is -0.461 e. The highest BCUT2D eigenvalue weighted by atomic mass is 32.2. The van der Waals surface area contributed by atoms with Crippen LogP contribution in [0.3, 0.4) is 0 Å². The number of esters is 1. The minimum absolute atomic E-state index is 0.220. The Hall–Kier alpha value is -1.66. The largest absolute Gasteiger partial charge is 0.461 e. The number of carbonyl (C=O) groups is 1. The Morgan fingerprint density at radius 1 is 1.38 bits per heavy atom. The summed E-state index contributed by atoms with van der Waals surface area (Å²) in [4.78, 5) is 13.4. The molecule has 2 aromatic rings. The van der Waals surface area contributed by atoms with E-state index in [4.69, 9.17) is 4.74 Å². The normalized spacial score (nSPS) is 14.9. The number of aromatic nitrogens is 2. The second-order valence-electron chi connectivity index (χ2n) is 6.31. The number of hydrogen-bond acceptors (Lipinski definition) is 4. The van der Waals surface area contributed by atoms with Crippen LogP contribution in [0.25, 0.3) is 0 Å². The van der Waals surface area contributed by atoms with Crippen LogP contribution in [0.1, 0.15) is 48.7 Å². The van der Waals surface area contributed by atoms with Gasteiger partial charge in [0.05, 0.1) is 6.61 Å². The molecule has 0 spiro atoms. The molecule has 0 unspecified atom stereocenters. The van der Waals surface area contributed by atoms with Crippen molar-refractivity contribution < 1.29 is 9.53 Å². The maximum atomic E-state index is 12.3. The molecule has 1 aliphatic heterocycles. The summed E-state index contributed by atoms with van der Waals surface area (Å²) in [5.74, 6) is -0.242. The SMILES string of the molecule is CCOC(=O)c1cc(SN2CCn3cccc3C2)c(C)n1C(C)C. The van der Waals surface area contributed by atoms with Gasteiger partial charge in [0.2, 0.25) is 0 Å². The van der Waals surface area contributed by atoms with Crippen molar-refractivity contribution in [2.45, 2.75) is 51.7 Å². The summed E-state index contributed by atoms with van der Waals surface area (Å²) < 4.78 is 12.0. The number of hydrogen-bond donors (Lipinski definition) is 0. The molecule has 0 bridgehead atoms. The fourth-order valence-electron chi connectivity index (χ4n) is 3.22. The van der Waals surface area contributed by atoms with Gasteiger partial charge in [0.1, 0.15) is 5.69 Å². The summed E-state index contributed by atoms with van der Waals surface area (Å²) in [6, 6.07) is 6.47. The molecule has 0 fully saturated rings. The molecule has 0 saturated heterocycles. The van der Waals surface area contributed by atoms with E-state index in [0.717, 1.165) is 30.2 Å². The fourth-order valence-corrected chi connectivity index (χ4v) is 4.27. The first-order valence-corrected chi connectivity index (χ1v) is 9.24. The van der Waals surface area contributed by atoms with Crippen LogP contribution >= 0.6 is 11.9 Å². The Morgan fingerprint density at radius 3 is 2.88 bits per heavy atom. The standard InChI is InChI=1S/C18H25N3O2S/c1-5-23-18(22)16-11-17(14(4)21(16)13(2)3)24-20-10-9-19-8-6-7-15(19)12-20/h6-8,11,13H,5,9-10,12H2,1-4H3. The maximum Gasteiger partial charge on any atom is 0.354 e. The quantitative estimate of drug-likeness (QED) is 0.608. The second kappa shape index (κ2) is 7.07. The molecule has 130 valence electrons. The van der Waals surface area contributed by atoms with Crippen LogP contribution in [0.2, 0.25) is 0 Å². The number of rotatable bonds is 5. The first-order valence-electron chi connectivity index (χ1n) is 8.47. The van der Waals surface area contributed by atoms with Gasteiger partial charge in [-0.3, -0.25) is 0 Å². The maximum absolute atomic E-state index is 12.3. The number of nitrogens with zero attached hydrogens (tertiary/aromatic N) is 3. The molecule has 3 rings (SSSR count). The summed E-state index contributed by atoms with van der Waals surface area (Å²) in [6.07, 6.45) is 2.14. The van der Waals surface area contributed by atoms with Gasteiger partial charge >= 0.3 is 5.97 Å². The summed E-state index contributed by atoms with van der Waals surface area (Å²) in [7, 11) is 0. The molecule has 0 radical (unpaired) electrons. The van der Waals surface area contributed by atoms with Crippen molar-refractivity contribution in [1.29, 1.82) is 0 Å². The molecule has 0 N–H and O–H groups in total. The Balaban J connectivity index is 1.83. The Kier molecular flexibility index (Phi) is 5.06. The van der Waals surface area contributed by atoms with Gasteiger partial charge in [-0.2, -0.15) is 0 Å². The third-order valence-corrected chi connectivity index (χ3v) is 5.51. The topological polar surface area (TPSA) is 39.4 Å². The van der Waals surface area contributed by atoms with E-state index in [1.165, 1.54) is 5.69 Å². The Labute approximate surface area is 147 Å². The van der Waals surface area contributed by atoms with Gasteiger partial charge in [-0.15, -0.1) is 0 Å². The molecule has 6 heteroatoms. The molecule has 5 nitrogen and oxygen atoms in total. The Bertz CT molecular complexity index is 733. The van der Waals surface area contributed by atoms with E-state index in [1.54, 1.807) is 11.9 Å². The zero-order chi connectivity index (χ0) is 17.3. The fraction of sp³-hybridized carbons (Fsp3) is 0.500. The highest BCUT2D eigenvalue weighted by Gasteiger charge is 2.23. The van der Waals surface area contributed by atoms with Gasteiger partial charge in [0, 0.05) is 48.2 Å². The number of carbonyl (C=O) groups excluding carboxylic acids is 1. The lowest BCUT2D eigenvalue weighted by Crippen LogP contribution is -2.27. The van der Waals surface area contributed by atoms with E-state index in [2.05, 4.69) is 52.5 Å². The van der Waals surface area contributed by atoms with Gasteiger partial charge in [-0.05, 0) is 57.8 Å². The van der Waals surface area contributed by atoms with Crippen LogP contribution in [0.4, 0.5) is 0 Å². The van der Waals surface area contributed by atoms with Crippen molar-refractivity contribution in [3.05, 3.63) is 41.5 Å². The summed E-state index contributed by atoms with van der Waals surface area (Å²) in [5, 5.41) is 0. The molecule has 0 aliphatic carbocycles. The summed E-state index contributed by atoms with van der Waals surface area (Å²) >= 11 is 1.74. The van der Waals surface area contributed by atoms with E-state index >= 15 is 0 Å². The number of fused-ring (bicyclic) bond motifs is 1. The lowest BCUT2D eigenvalue weighted by Gasteiger charge is -2.27. The first-order chi connectivity index (χ1) is 11.5. The third-order valence-electron chi connectivity index (χ3n) is 4.33. The van der Waals surface area contributed by atoms with Crippen LogP contribution in [0.15, 0.2) is 29.3 Å². The zero-order valence-corrected chi connectivity index (χ0v) is 15.6. The van der Waals surface area contributed by atoms with E-state index in [9.17, 15) is 4.79 Å². The van der Waals surface area contributed by atoms with Crippen LogP contribution < -0.4 is 0 Å². The molecule has 0 aromatic carbocycles. The number of ether oxygens (including phenoxy) is 1. The zero-order valence-electron chi connectivity index (χ0n) is 14.8. The van der Waals surface area contributed by atoms with Crippen molar-refractivity contribution in [2.75, 3.05) is 13.2 Å². The van der Waals surface area contributed by atoms with E-state index in [-0.39, 0.29) is 12.0 Å². The van der Waals surface area contributed by atoms with Crippen LogP contribution in [-0.4, -0.2) is 32.6 Å². The molecule has 0 amide bonds.